The molecule has 190 valence electrons. The predicted molar refractivity (Wildman–Crippen MR) is 127 cm³/mol. The molecule has 0 spiro atoms. The molecular weight excluding hydrogens is 500 g/mol. The van der Waals surface area contributed by atoms with E-state index in [-0.39, 0.29) is 17.6 Å². The molecule has 6 nitrogen and oxygen atoms in total. The van der Waals surface area contributed by atoms with Crippen LogP contribution in [0, 0.1) is 5.82 Å². The third kappa shape index (κ3) is 4.67. The molecule has 4 aromatic rings. The Morgan fingerprint density at radius 3 is 2.64 bits per heavy atom. The number of hydrogen-bond donors (Lipinski definition) is 3. The van der Waals surface area contributed by atoms with Crippen molar-refractivity contribution in [3.8, 4) is 17.0 Å². The number of pyridine rings is 1. The van der Waals surface area contributed by atoms with Gasteiger partial charge in [0, 0.05) is 40.7 Å². The summed E-state index contributed by atoms with van der Waals surface area (Å²) in [7, 11) is 0. The van der Waals surface area contributed by atoms with E-state index in [0.29, 0.717) is 27.9 Å². The smallest absolute Gasteiger partial charge is 0.387 e. The molecule has 1 atom stereocenters. The Morgan fingerprint density at radius 1 is 1.14 bits per heavy atom. The summed E-state index contributed by atoms with van der Waals surface area (Å²) in [5, 5.41) is 9.80. The summed E-state index contributed by atoms with van der Waals surface area (Å²) in [4.78, 5) is 15.2. The maximum absolute atomic E-state index is 14.4. The van der Waals surface area contributed by atoms with E-state index in [1.54, 1.807) is 18.5 Å². The molecule has 0 amide bonds. The van der Waals surface area contributed by atoms with Crippen LogP contribution in [0.3, 0.4) is 0 Å². The highest BCUT2D eigenvalue weighted by Gasteiger charge is 2.28. The lowest BCUT2D eigenvalue weighted by atomic mass is 9.87. The van der Waals surface area contributed by atoms with E-state index in [2.05, 4.69) is 24.7 Å². The van der Waals surface area contributed by atoms with Gasteiger partial charge in [-0.1, -0.05) is 11.6 Å². The predicted octanol–water partition coefficient (Wildman–Crippen LogP) is 6.47. The Morgan fingerprint density at radius 2 is 1.92 bits per heavy atom. The van der Waals surface area contributed by atoms with Crippen LogP contribution in [-0.4, -0.2) is 44.4 Å². The Labute approximate surface area is 208 Å². The Kier molecular flexibility index (Phi) is 6.90. The molecule has 1 aromatic carbocycles. The van der Waals surface area contributed by atoms with E-state index in [1.807, 2.05) is 0 Å². The van der Waals surface area contributed by atoms with E-state index in [4.69, 9.17) is 11.6 Å². The number of aliphatic hydroxyl groups excluding tert-OH is 1. The molecule has 0 bridgehead atoms. The second kappa shape index (κ2) is 10.1. The van der Waals surface area contributed by atoms with Gasteiger partial charge in [0.15, 0.2) is 0 Å². The Hall–Kier alpha value is -3.11. The molecule has 3 N–H and O–H groups in total. The van der Waals surface area contributed by atoms with Gasteiger partial charge >= 0.3 is 6.61 Å². The second-order valence-electron chi connectivity index (χ2n) is 8.91. The number of rotatable bonds is 7. The highest BCUT2D eigenvalue weighted by atomic mass is 35.5. The number of aromatic nitrogens is 4. The first-order chi connectivity index (χ1) is 17.4. The fourth-order valence-corrected chi connectivity index (χ4v) is 5.17. The molecule has 0 aliphatic heterocycles. The van der Waals surface area contributed by atoms with E-state index in [1.165, 1.54) is 6.20 Å². The largest absolute Gasteiger partial charge is 0.434 e. The standard InChI is InChI=1S/C25H23ClF4N4O2/c26-22-18(28)5-6-20(36-25(29)30)21(22)16(8-27)17-10-32-24-15(17)7-13(9-31-24)19-11-33-23(34-19)12-1-3-14(35)4-2-12/h5-7,9-12,14,16,25,35H,1-4,8H2,(H,31,32)(H,33,34)/t12?,14?,16-/m1/s1. The van der Waals surface area contributed by atoms with Gasteiger partial charge in [0.05, 0.1) is 23.0 Å². The molecular formula is C25H23ClF4N4O2. The molecule has 1 aliphatic carbocycles. The van der Waals surface area contributed by atoms with Crippen LogP contribution in [0.15, 0.2) is 36.8 Å². The Bertz CT molecular complexity index is 1370. The van der Waals surface area contributed by atoms with E-state index in [9.17, 15) is 22.7 Å². The normalized spacial score (nSPS) is 19.2. The fraction of sp³-hybridized carbons (Fsp3) is 0.360. The minimum absolute atomic E-state index is 0.200. The maximum atomic E-state index is 14.4. The number of benzene rings is 1. The summed E-state index contributed by atoms with van der Waals surface area (Å²) < 4.78 is 59.2. The lowest BCUT2D eigenvalue weighted by Gasteiger charge is -2.23. The van der Waals surface area contributed by atoms with E-state index in [0.717, 1.165) is 43.6 Å². The van der Waals surface area contributed by atoms with Gasteiger partial charge in [-0.2, -0.15) is 8.78 Å². The monoisotopic (exact) mass is 522 g/mol. The van der Waals surface area contributed by atoms with Crippen molar-refractivity contribution in [2.45, 2.75) is 50.2 Å². The molecule has 3 heterocycles. The first kappa shape index (κ1) is 24.6. The van der Waals surface area contributed by atoms with Crippen LogP contribution in [0.25, 0.3) is 22.3 Å². The number of H-pyrrole nitrogens is 2. The lowest BCUT2D eigenvalue weighted by molar-refractivity contribution is -0.0506. The summed E-state index contributed by atoms with van der Waals surface area (Å²) in [6, 6.07) is 3.69. The van der Waals surface area contributed by atoms with Gasteiger partial charge in [-0.25, -0.2) is 14.4 Å². The number of alkyl halides is 3. The molecule has 1 aliphatic rings. The number of nitrogens with one attached hydrogen (secondary N) is 2. The second-order valence-corrected chi connectivity index (χ2v) is 9.29. The van der Waals surface area contributed by atoms with Crippen molar-refractivity contribution in [2.75, 3.05) is 6.67 Å². The van der Waals surface area contributed by atoms with Crippen molar-refractivity contribution >= 4 is 22.6 Å². The van der Waals surface area contributed by atoms with Gasteiger partial charge in [0.25, 0.3) is 0 Å². The molecule has 11 heteroatoms. The van der Waals surface area contributed by atoms with E-state index >= 15 is 0 Å². The SMILES string of the molecule is OC1CCC(c2ncc(-c3cnc4[nH]cc([C@@H](CF)c5c(OC(F)F)ccc(F)c5Cl)c4c3)[nH]2)CC1. The molecule has 5 rings (SSSR count). The lowest BCUT2D eigenvalue weighted by Crippen LogP contribution is -2.17. The average molecular weight is 523 g/mol. The van der Waals surface area contributed by atoms with Crippen LogP contribution in [0.2, 0.25) is 5.02 Å². The number of imidazole rings is 1. The number of ether oxygens (including phenoxy) is 1. The minimum atomic E-state index is -3.19. The maximum Gasteiger partial charge on any atom is 0.387 e. The Balaban J connectivity index is 1.53. The molecule has 0 unspecified atom stereocenters. The van der Waals surface area contributed by atoms with Crippen molar-refractivity contribution in [3.05, 3.63) is 64.6 Å². The summed E-state index contributed by atoms with van der Waals surface area (Å²) in [5.74, 6) is -1.40. The number of nitrogens with zero attached hydrogens (tertiary/aromatic N) is 2. The van der Waals surface area contributed by atoms with Crippen molar-refractivity contribution < 1.29 is 27.4 Å². The summed E-state index contributed by atoms with van der Waals surface area (Å²) in [6.07, 6.45) is 7.69. The van der Waals surface area contributed by atoms with Crippen molar-refractivity contribution in [1.29, 1.82) is 0 Å². The molecule has 3 aromatic heterocycles. The van der Waals surface area contributed by atoms with Crippen LogP contribution in [0.1, 0.15) is 54.5 Å². The highest BCUT2D eigenvalue weighted by Crippen LogP contribution is 2.42. The van der Waals surface area contributed by atoms with Crippen molar-refractivity contribution in [3.63, 3.8) is 0 Å². The topological polar surface area (TPSA) is 86.8 Å². The third-order valence-corrected chi connectivity index (χ3v) is 7.12. The molecule has 1 saturated carbocycles. The van der Waals surface area contributed by atoms with Gasteiger partial charge in [-0.05, 0) is 49.4 Å². The fourth-order valence-electron chi connectivity index (χ4n) is 4.89. The van der Waals surface area contributed by atoms with Gasteiger partial charge in [0.2, 0.25) is 0 Å². The van der Waals surface area contributed by atoms with Crippen molar-refractivity contribution in [2.24, 2.45) is 0 Å². The van der Waals surface area contributed by atoms with Crippen LogP contribution >= 0.6 is 11.6 Å². The number of aromatic amines is 2. The van der Waals surface area contributed by atoms with Gasteiger partial charge < -0.3 is 19.8 Å². The van der Waals surface area contributed by atoms with Gasteiger partial charge in [-0.15, -0.1) is 0 Å². The number of halogens is 5. The first-order valence-electron chi connectivity index (χ1n) is 11.5. The van der Waals surface area contributed by atoms with Crippen LogP contribution in [0.4, 0.5) is 17.6 Å². The molecule has 1 fully saturated rings. The molecule has 0 radical (unpaired) electrons. The minimum Gasteiger partial charge on any atom is -0.434 e. The third-order valence-electron chi connectivity index (χ3n) is 6.74. The average Bonchev–Trinajstić information content (AvgIpc) is 3.51. The van der Waals surface area contributed by atoms with Gasteiger partial charge in [-0.3, -0.25) is 4.39 Å². The zero-order chi connectivity index (χ0) is 25.4. The quantitative estimate of drug-likeness (QED) is 0.243. The highest BCUT2D eigenvalue weighted by molar-refractivity contribution is 6.31. The molecule has 0 saturated heterocycles. The summed E-state index contributed by atoms with van der Waals surface area (Å²) in [5.41, 5.74) is 2.01. The zero-order valence-corrected chi connectivity index (χ0v) is 19.7. The van der Waals surface area contributed by atoms with Crippen LogP contribution in [-0.2, 0) is 0 Å². The number of fused-ring (bicyclic) bond motifs is 1. The number of hydrogen-bond acceptors (Lipinski definition) is 4. The molecule has 36 heavy (non-hydrogen) atoms. The zero-order valence-electron chi connectivity index (χ0n) is 18.9. The number of aliphatic hydroxyl groups is 1. The first-order valence-corrected chi connectivity index (χ1v) is 11.9. The van der Waals surface area contributed by atoms with E-state index < -0.39 is 35.8 Å². The van der Waals surface area contributed by atoms with Crippen molar-refractivity contribution in [1.82, 2.24) is 19.9 Å². The summed E-state index contributed by atoms with van der Waals surface area (Å²) in [6.45, 7) is -4.23. The van der Waals surface area contributed by atoms with Crippen LogP contribution < -0.4 is 4.74 Å². The van der Waals surface area contributed by atoms with Crippen LogP contribution in [0.5, 0.6) is 5.75 Å². The summed E-state index contributed by atoms with van der Waals surface area (Å²) >= 11 is 6.11. The van der Waals surface area contributed by atoms with Gasteiger partial charge in [0.1, 0.15) is 29.7 Å².